The molecule has 0 bridgehead atoms. The highest BCUT2D eigenvalue weighted by Gasteiger charge is 2.15. The van der Waals surface area contributed by atoms with E-state index < -0.39 is 0 Å². The molecule has 4 nitrogen and oxygen atoms in total. The molecule has 0 amide bonds. The lowest BCUT2D eigenvalue weighted by molar-refractivity contribution is 0.535. The zero-order valence-corrected chi connectivity index (χ0v) is 12.3. The first-order chi connectivity index (χ1) is 8.70. The average molecular weight is 330 g/mol. The van der Waals surface area contributed by atoms with E-state index in [2.05, 4.69) is 43.6 Å². The predicted molar refractivity (Wildman–Crippen MR) is 75.7 cm³/mol. The van der Waals surface area contributed by atoms with Crippen molar-refractivity contribution >= 4 is 27.5 Å². The van der Waals surface area contributed by atoms with Crippen LogP contribution >= 0.6 is 27.5 Å². The van der Waals surface area contributed by atoms with Crippen molar-refractivity contribution in [2.24, 2.45) is 0 Å². The Labute approximate surface area is 119 Å². The maximum atomic E-state index is 6.23. The molecule has 1 aromatic carbocycles. The molecule has 0 aliphatic rings. The number of halogens is 2. The maximum Gasteiger partial charge on any atom is 0.0997 e. The van der Waals surface area contributed by atoms with Crippen LogP contribution < -0.4 is 5.32 Å². The molecule has 1 aromatic heterocycles. The van der Waals surface area contributed by atoms with E-state index >= 15 is 0 Å². The molecule has 0 spiro atoms. The van der Waals surface area contributed by atoms with E-state index in [0.717, 1.165) is 33.7 Å². The number of aromatic amines is 1. The van der Waals surface area contributed by atoms with Gasteiger partial charge in [-0.3, -0.25) is 0 Å². The van der Waals surface area contributed by atoms with Gasteiger partial charge in [0.25, 0.3) is 0 Å². The van der Waals surface area contributed by atoms with Crippen LogP contribution in [0.4, 0.5) is 0 Å². The number of aromatic nitrogens is 3. The van der Waals surface area contributed by atoms with Gasteiger partial charge in [-0.1, -0.05) is 40.5 Å². The molecule has 0 aliphatic carbocycles. The van der Waals surface area contributed by atoms with E-state index in [1.54, 1.807) is 6.20 Å². The summed E-state index contributed by atoms with van der Waals surface area (Å²) in [6.07, 6.45) is 2.52. The highest BCUT2D eigenvalue weighted by Crippen LogP contribution is 2.25. The van der Waals surface area contributed by atoms with Crippen molar-refractivity contribution < 1.29 is 0 Å². The number of hydrogen-bond donors (Lipinski definition) is 2. The smallest absolute Gasteiger partial charge is 0.0997 e. The summed E-state index contributed by atoms with van der Waals surface area (Å²) in [5, 5.41) is 14.8. The van der Waals surface area contributed by atoms with Crippen LogP contribution in [-0.2, 0) is 6.42 Å². The summed E-state index contributed by atoms with van der Waals surface area (Å²) >= 11 is 9.64. The summed E-state index contributed by atoms with van der Waals surface area (Å²) < 4.78 is 0.984. The van der Waals surface area contributed by atoms with Crippen molar-refractivity contribution in [3.63, 3.8) is 0 Å². The summed E-state index contributed by atoms with van der Waals surface area (Å²) in [6, 6.07) is 6.04. The Morgan fingerprint density at radius 1 is 1.50 bits per heavy atom. The number of H-pyrrole nitrogens is 1. The van der Waals surface area contributed by atoms with Gasteiger partial charge in [0.2, 0.25) is 0 Å². The highest BCUT2D eigenvalue weighted by atomic mass is 79.9. The van der Waals surface area contributed by atoms with Gasteiger partial charge in [0, 0.05) is 9.50 Å². The first-order valence-electron chi connectivity index (χ1n) is 5.73. The number of benzene rings is 1. The second-order valence-electron chi connectivity index (χ2n) is 3.94. The van der Waals surface area contributed by atoms with Gasteiger partial charge < -0.3 is 5.32 Å². The average Bonchev–Trinajstić information content (AvgIpc) is 2.85. The van der Waals surface area contributed by atoms with E-state index in [4.69, 9.17) is 11.6 Å². The molecule has 0 saturated carbocycles. The molecule has 1 atom stereocenters. The lowest BCUT2D eigenvalue weighted by Crippen LogP contribution is -2.23. The molecule has 0 saturated heterocycles. The second kappa shape index (κ2) is 6.31. The van der Waals surface area contributed by atoms with Crippen LogP contribution in [-0.4, -0.2) is 22.0 Å². The second-order valence-corrected chi connectivity index (χ2v) is 5.27. The summed E-state index contributed by atoms with van der Waals surface area (Å²) in [7, 11) is 0. The third-order valence-electron chi connectivity index (χ3n) is 2.68. The van der Waals surface area contributed by atoms with Crippen LogP contribution in [0.15, 0.2) is 28.9 Å². The summed E-state index contributed by atoms with van der Waals surface area (Å²) in [6.45, 7) is 2.93. The van der Waals surface area contributed by atoms with Crippen molar-refractivity contribution in [3.8, 4) is 0 Å². The summed E-state index contributed by atoms with van der Waals surface area (Å²) in [5.41, 5.74) is 1.99. The van der Waals surface area contributed by atoms with Crippen LogP contribution in [0.1, 0.15) is 24.2 Å². The summed E-state index contributed by atoms with van der Waals surface area (Å²) in [4.78, 5) is 0. The van der Waals surface area contributed by atoms with Crippen LogP contribution in [0.3, 0.4) is 0 Å². The normalized spacial score (nSPS) is 12.6. The fraction of sp³-hybridized carbons (Fsp3) is 0.333. The molecular weight excluding hydrogens is 316 g/mol. The third kappa shape index (κ3) is 3.31. The standard InChI is InChI=1S/C12H14BrClN4/c1-2-15-11(12-7-16-18-17-12)5-8-3-4-9(13)6-10(8)14/h3-4,6-7,11,15H,2,5H2,1H3,(H,16,17,18). The van der Waals surface area contributed by atoms with Crippen molar-refractivity contribution in [1.82, 2.24) is 20.7 Å². The minimum Gasteiger partial charge on any atom is -0.309 e. The van der Waals surface area contributed by atoms with Gasteiger partial charge in [0.15, 0.2) is 0 Å². The quantitative estimate of drug-likeness (QED) is 0.886. The molecule has 6 heteroatoms. The van der Waals surface area contributed by atoms with Crippen LogP contribution in [0.5, 0.6) is 0 Å². The fourth-order valence-corrected chi connectivity index (χ4v) is 2.56. The fourth-order valence-electron chi connectivity index (χ4n) is 1.81. The lowest BCUT2D eigenvalue weighted by Gasteiger charge is -2.16. The van der Waals surface area contributed by atoms with Crippen LogP contribution in [0.25, 0.3) is 0 Å². The van der Waals surface area contributed by atoms with E-state index in [9.17, 15) is 0 Å². The largest absolute Gasteiger partial charge is 0.309 e. The van der Waals surface area contributed by atoms with E-state index in [0.29, 0.717) is 0 Å². The molecule has 0 radical (unpaired) electrons. The van der Waals surface area contributed by atoms with Gasteiger partial charge >= 0.3 is 0 Å². The molecule has 2 rings (SSSR count). The zero-order chi connectivity index (χ0) is 13.0. The SMILES string of the molecule is CCNC(Cc1ccc(Br)cc1Cl)c1cn[nH]n1. The van der Waals surface area contributed by atoms with E-state index in [1.807, 2.05) is 18.2 Å². The van der Waals surface area contributed by atoms with Crippen molar-refractivity contribution in [2.45, 2.75) is 19.4 Å². The Kier molecular flexibility index (Phi) is 4.74. The monoisotopic (exact) mass is 328 g/mol. The van der Waals surface area contributed by atoms with Crippen LogP contribution in [0.2, 0.25) is 5.02 Å². The molecule has 2 aromatic rings. The molecule has 2 N–H and O–H groups in total. The molecule has 0 aliphatic heterocycles. The highest BCUT2D eigenvalue weighted by molar-refractivity contribution is 9.10. The number of rotatable bonds is 5. The topological polar surface area (TPSA) is 53.6 Å². The maximum absolute atomic E-state index is 6.23. The molecule has 1 heterocycles. The van der Waals surface area contributed by atoms with Crippen molar-refractivity contribution in [1.29, 1.82) is 0 Å². The third-order valence-corrected chi connectivity index (χ3v) is 3.53. The zero-order valence-electron chi connectivity index (χ0n) is 9.95. The number of nitrogens with zero attached hydrogens (tertiary/aromatic N) is 2. The summed E-state index contributed by atoms with van der Waals surface area (Å²) in [5.74, 6) is 0. The first-order valence-corrected chi connectivity index (χ1v) is 6.90. The Balaban J connectivity index is 2.18. The van der Waals surface area contributed by atoms with E-state index in [1.165, 1.54) is 0 Å². The Morgan fingerprint density at radius 2 is 2.33 bits per heavy atom. The van der Waals surface area contributed by atoms with Gasteiger partial charge in [-0.05, 0) is 30.7 Å². The molecular formula is C12H14BrClN4. The van der Waals surface area contributed by atoms with Crippen molar-refractivity contribution in [3.05, 3.63) is 45.1 Å². The van der Waals surface area contributed by atoms with Gasteiger partial charge in [-0.2, -0.15) is 15.4 Å². The number of likely N-dealkylation sites (N-methyl/N-ethyl adjacent to an activating group) is 1. The van der Waals surface area contributed by atoms with E-state index in [-0.39, 0.29) is 6.04 Å². The van der Waals surface area contributed by atoms with Crippen LogP contribution in [0, 0.1) is 0 Å². The minimum atomic E-state index is 0.118. The minimum absolute atomic E-state index is 0.118. The Hall–Kier alpha value is -0.910. The predicted octanol–water partition coefficient (Wildman–Crippen LogP) is 3.11. The Morgan fingerprint density at radius 3 is 2.94 bits per heavy atom. The van der Waals surface area contributed by atoms with Gasteiger partial charge in [-0.15, -0.1) is 0 Å². The van der Waals surface area contributed by atoms with Gasteiger partial charge in [-0.25, -0.2) is 0 Å². The van der Waals surface area contributed by atoms with Gasteiger partial charge in [0.1, 0.15) is 0 Å². The van der Waals surface area contributed by atoms with Gasteiger partial charge in [0.05, 0.1) is 17.9 Å². The lowest BCUT2D eigenvalue weighted by atomic mass is 10.0. The Bertz CT molecular complexity index is 501. The number of hydrogen-bond acceptors (Lipinski definition) is 3. The number of nitrogens with one attached hydrogen (secondary N) is 2. The van der Waals surface area contributed by atoms with Crippen molar-refractivity contribution in [2.75, 3.05) is 6.54 Å². The molecule has 18 heavy (non-hydrogen) atoms. The molecule has 1 unspecified atom stereocenters. The molecule has 0 fully saturated rings. The first kappa shape index (κ1) is 13.5. The molecule has 96 valence electrons.